The van der Waals surface area contributed by atoms with E-state index in [1.807, 2.05) is 45.9 Å². The third-order valence-electron chi connectivity index (χ3n) is 5.70. The minimum absolute atomic E-state index is 0.0716. The summed E-state index contributed by atoms with van der Waals surface area (Å²) < 4.78 is 5.63. The van der Waals surface area contributed by atoms with Crippen LogP contribution in [0.25, 0.3) is 0 Å². The molecule has 2 aromatic rings. The van der Waals surface area contributed by atoms with E-state index in [1.54, 1.807) is 29.2 Å². The van der Waals surface area contributed by atoms with Crippen LogP contribution in [0.1, 0.15) is 38.3 Å². The number of rotatable bonds is 9. The van der Waals surface area contributed by atoms with Gasteiger partial charge in [0.15, 0.2) is 6.61 Å². The first-order valence-corrected chi connectivity index (χ1v) is 11.5. The Bertz CT molecular complexity index is 1000. The Balaban J connectivity index is 1.54. The van der Waals surface area contributed by atoms with Crippen LogP contribution in [0.4, 0.5) is 11.4 Å². The molecule has 0 bridgehead atoms. The normalized spacial score (nSPS) is 15.6. The van der Waals surface area contributed by atoms with Gasteiger partial charge in [-0.15, -0.1) is 0 Å². The molecule has 7 nitrogen and oxygen atoms in total. The summed E-state index contributed by atoms with van der Waals surface area (Å²) in [5.41, 5.74) is 3.64. The molecule has 3 rings (SSSR count). The van der Waals surface area contributed by atoms with Crippen molar-refractivity contribution in [2.24, 2.45) is 11.8 Å². The van der Waals surface area contributed by atoms with E-state index in [-0.39, 0.29) is 36.7 Å². The zero-order chi connectivity index (χ0) is 24.0. The molecule has 3 amide bonds. The monoisotopic (exact) mass is 451 g/mol. The first-order valence-electron chi connectivity index (χ1n) is 11.5. The second-order valence-electron chi connectivity index (χ2n) is 8.84. The predicted octanol–water partition coefficient (Wildman–Crippen LogP) is 3.70. The van der Waals surface area contributed by atoms with E-state index in [0.29, 0.717) is 30.4 Å². The minimum atomic E-state index is -0.342. The SMILES string of the molecule is CCc1cccc(C)c1NC(=O)COc1ccc(N2C[C@H](C(=O)NCC(C)C)CC2=O)cc1. The molecule has 1 fully saturated rings. The maximum Gasteiger partial charge on any atom is 0.262 e. The summed E-state index contributed by atoms with van der Waals surface area (Å²) in [6.07, 6.45) is 1.04. The minimum Gasteiger partial charge on any atom is -0.484 e. The Morgan fingerprint density at radius 3 is 2.55 bits per heavy atom. The van der Waals surface area contributed by atoms with E-state index in [1.165, 1.54) is 0 Å². The smallest absolute Gasteiger partial charge is 0.262 e. The number of hydrogen-bond acceptors (Lipinski definition) is 4. The molecule has 1 saturated heterocycles. The molecule has 1 heterocycles. The Morgan fingerprint density at radius 1 is 1.15 bits per heavy atom. The summed E-state index contributed by atoms with van der Waals surface area (Å²) in [5, 5.41) is 5.85. The number of ether oxygens (including phenoxy) is 1. The van der Waals surface area contributed by atoms with Gasteiger partial charge in [-0.1, -0.05) is 39.0 Å². The number of carbonyl (C=O) groups excluding carboxylic acids is 3. The van der Waals surface area contributed by atoms with Gasteiger partial charge in [-0.05, 0) is 54.7 Å². The second-order valence-corrected chi connectivity index (χ2v) is 8.84. The molecular weight excluding hydrogens is 418 g/mol. The number of nitrogens with one attached hydrogen (secondary N) is 2. The van der Waals surface area contributed by atoms with Crippen molar-refractivity contribution in [2.75, 3.05) is 29.9 Å². The van der Waals surface area contributed by atoms with Crippen molar-refractivity contribution in [3.8, 4) is 5.75 Å². The molecule has 0 aliphatic carbocycles. The van der Waals surface area contributed by atoms with Gasteiger partial charge in [0.2, 0.25) is 11.8 Å². The number of amides is 3. The van der Waals surface area contributed by atoms with Gasteiger partial charge in [-0.3, -0.25) is 14.4 Å². The number of anilines is 2. The summed E-state index contributed by atoms with van der Waals surface area (Å²) >= 11 is 0. The molecule has 0 aromatic heterocycles. The molecule has 176 valence electrons. The van der Waals surface area contributed by atoms with Crippen LogP contribution < -0.4 is 20.3 Å². The summed E-state index contributed by atoms with van der Waals surface area (Å²) in [6, 6.07) is 13.0. The molecular formula is C26H33N3O4. The summed E-state index contributed by atoms with van der Waals surface area (Å²) in [4.78, 5) is 38.8. The molecule has 1 aliphatic heterocycles. The fourth-order valence-electron chi connectivity index (χ4n) is 3.83. The van der Waals surface area contributed by atoms with Gasteiger partial charge < -0.3 is 20.3 Å². The van der Waals surface area contributed by atoms with E-state index >= 15 is 0 Å². The average molecular weight is 452 g/mol. The first kappa shape index (κ1) is 24.3. The Hall–Kier alpha value is -3.35. The highest BCUT2D eigenvalue weighted by atomic mass is 16.5. The molecule has 1 aliphatic rings. The van der Waals surface area contributed by atoms with Gasteiger partial charge in [0, 0.05) is 30.9 Å². The van der Waals surface area contributed by atoms with Crippen LogP contribution >= 0.6 is 0 Å². The molecule has 0 radical (unpaired) electrons. The summed E-state index contributed by atoms with van der Waals surface area (Å²) in [6.45, 7) is 8.93. The molecule has 0 spiro atoms. The van der Waals surface area contributed by atoms with Gasteiger partial charge in [0.05, 0.1) is 5.92 Å². The quantitative estimate of drug-likeness (QED) is 0.609. The van der Waals surface area contributed by atoms with Crippen molar-refractivity contribution in [1.82, 2.24) is 5.32 Å². The van der Waals surface area contributed by atoms with Gasteiger partial charge in [0.25, 0.3) is 5.91 Å². The Morgan fingerprint density at radius 2 is 1.88 bits per heavy atom. The maximum atomic E-state index is 12.4. The van der Waals surface area contributed by atoms with E-state index in [4.69, 9.17) is 4.74 Å². The predicted molar refractivity (Wildman–Crippen MR) is 129 cm³/mol. The Kier molecular flexibility index (Phi) is 8.09. The molecule has 0 unspecified atom stereocenters. The van der Waals surface area contributed by atoms with Crippen LogP contribution in [-0.4, -0.2) is 37.4 Å². The highest BCUT2D eigenvalue weighted by Crippen LogP contribution is 2.27. The average Bonchev–Trinajstić information content (AvgIpc) is 3.19. The maximum absolute atomic E-state index is 12.4. The van der Waals surface area contributed by atoms with E-state index in [9.17, 15) is 14.4 Å². The first-order chi connectivity index (χ1) is 15.8. The zero-order valence-electron chi connectivity index (χ0n) is 19.8. The van der Waals surface area contributed by atoms with Crippen LogP contribution in [0.2, 0.25) is 0 Å². The van der Waals surface area contributed by atoms with Gasteiger partial charge >= 0.3 is 0 Å². The van der Waals surface area contributed by atoms with Crippen LogP contribution in [0.5, 0.6) is 5.75 Å². The number of para-hydroxylation sites is 1. The fraction of sp³-hybridized carbons (Fsp3) is 0.423. The molecule has 2 aromatic carbocycles. The molecule has 1 atom stereocenters. The van der Waals surface area contributed by atoms with E-state index in [2.05, 4.69) is 10.6 Å². The Labute approximate surface area is 195 Å². The topological polar surface area (TPSA) is 87.7 Å². The highest BCUT2D eigenvalue weighted by molar-refractivity contribution is 6.00. The van der Waals surface area contributed by atoms with Crippen molar-refractivity contribution in [3.05, 3.63) is 53.6 Å². The fourth-order valence-corrected chi connectivity index (χ4v) is 3.83. The lowest BCUT2D eigenvalue weighted by atomic mass is 10.1. The van der Waals surface area contributed by atoms with Crippen molar-refractivity contribution >= 4 is 29.1 Å². The summed E-state index contributed by atoms with van der Waals surface area (Å²) in [7, 11) is 0. The van der Waals surface area contributed by atoms with Crippen LogP contribution in [-0.2, 0) is 20.8 Å². The molecule has 0 saturated carbocycles. The van der Waals surface area contributed by atoms with Crippen molar-refractivity contribution in [3.63, 3.8) is 0 Å². The van der Waals surface area contributed by atoms with Crippen molar-refractivity contribution in [2.45, 2.75) is 40.5 Å². The van der Waals surface area contributed by atoms with Gasteiger partial charge in [0.1, 0.15) is 5.75 Å². The molecule has 2 N–H and O–H groups in total. The van der Waals surface area contributed by atoms with E-state index < -0.39 is 0 Å². The lowest BCUT2D eigenvalue weighted by Gasteiger charge is -2.18. The number of aryl methyl sites for hydroxylation is 2. The number of carbonyl (C=O) groups is 3. The third kappa shape index (κ3) is 6.34. The van der Waals surface area contributed by atoms with Crippen LogP contribution in [0.3, 0.4) is 0 Å². The van der Waals surface area contributed by atoms with E-state index in [0.717, 1.165) is 23.2 Å². The lowest BCUT2D eigenvalue weighted by Crippen LogP contribution is -2.35. The second kappa shape index (κ2) is 11.0. The standard InChI is InChI=1S/C26H33N3O4/c1-5-19-8-6-7-18(4)25(19)28-23(30)16-33-22-11-9-21(10-12-22)29-15-20(13-24(29)31)26(32)27-14-17(2)3/h6-12,17,20H,5,13-16H2,1-4H3,(H,27,32)(H,28,30)/t20-/m1/s1. The van der Waals surface area contributed by atoms with Gasteiger partial charge in [-0.2, -0.15) is 0 Å². The highest BCUT2D eigenvalue weighted by Gasteiger charge is 2.35. The van der Waals surface area contributed by atoms with Crippen molar-refractivity contribution in [1.29, 1.82) is 0 Å². The van der Waals surface area contributed by atoms with Crippen LogP contribution in [0.15, 0.2) is 42.5 Å². The largest absolute Gasteiger partial charge is 0.484 e. The zero-order valence-corrected chi connectivity index (χ0v) is 19.8. The molecule has 7 heteroatoms. The van der Waals surface area contributed by atoms with Gasteiger partial charge in [-0.25, -0.2) is 0 Å². The molecule has 33 heavy (non-hydrogen) atoms. The number of benzene rings is 2. The number of nitrogens with zero attached hydrogens (tertiary/aromatic N) is 1. The van der Waals surface area contributed by atoms with Crippen molar-refractivity contribution < 1.29 is 19.1 Å². The van der Waals surface area contributed by atoms with Crippen LogP contribution in [0, 0.1) is 18.8 Å². The summed E-state index contributed by atoms with van der Waals surface area (Å²) in [5.74, 6) is 0.177. The third-order valence-corrected chi connectivity index (χ3v) is 5.70. The number of hydrogen-bond donors (Lipinski definition) is 2. The lowest BCUT2D eigenvalue weighted by molar-refractivity contribution is -0.126.